The predicted octanol–water partition coefficient (Wildman–Crippen LogP) is 3.95. The van der Waals surface area contributed by atoms with E-state index in [-0.39, 0.29) is 23.8 Å². The number of allylic oxidation sites excluding steroid dienone is 1. The van der Waals surface area contributed by atoms with Crippen LogP contribution < -0.4 is 5.32 Å². The molecule has 1 aliphatic rings. The zero-order valence-corrected chi connectivity index (χ0v) is 14.5. The second-order valence-corrected chi connectivity index (χ2v) is 5.83. The molecule has 0 saturated carbocycles. The molecular formula is C18H20F3N3O2. The smallest absolute Gasteiger partial charge is 0.422 e. The maximum atomic E-state index is 12.3. The van der Waals surface area contributed by atoms with E-state index in [2.05, 4.69) is 16.9 Å². The number of anilines is 1. The zero-order valence-electron chi connectivity index (χ0n) is 14.5. The molecule has 5 nitrogen and oxygen atoms in total. The number of halogens is 3. The van der Waals surface area contributed by atoms with E-state index in [4.69, 9.17) is 4.74 Å². The molecule has 2 unspecified atom stereocenters. The Bertz CT molecular complexity index is 729. The van der Waals surface area contributed by atoms with Crippen molar-refractivity contribution in [2.45, 2.75) is 32.1 Å². The summed E-state index contributed by atoms with van der Waals surface area (Å²) in [6.07, 6.45) is 3.16. The average molecular weight is 367 g/mol. The number of rotatable bonds is 6. The maximum Gasteiger partial charge on any atom is 0.422 e. The van der Waals surface area contributed by atoms with Crippen LogP contribution in [0.25, 0.3) is 0 Å². The first-order valence-electron chi connectivity index (χ1n) is 7.96. The number of nitrogens with zero attached hydrogens (tertiary/aromatic N) is 2. The maximum absolute atomic E-state index is 12.3. The summed E-state index contributed by atoms with van der Waals surface area (Å²) in [6, 6.07) is 3.27. The number of nitrogens with one attached hydrogen (secondary N) is 1. The van der Waals surface area contributed by atoms with Gasteiger partial charge in [-0.05, 0) is 43.7 Å². The quantitative estimate of drug-likeness (QED) is 0.774. The Kier molecular flexibility index (Phi) is 6.07. The number of aromatic nitrogens is 1. The molecule has 2 atom stereocenters. The van der Waals surface area contributed by atoms with Crippen LogP contribution in [0.1, 0.15) is 25.5 Å². The van der Waals surface area contributed by atoms with E-state index >= 15 is 0 Å². The summed E-state index contributed by atoms with van der Waals surface area (Å²) in [5.41, 5.74) is 0.841. The fourth-order valence-electron chi connectivity index (χ4n) is 2.48. The second kappa shape index (κ2) is 8.07. The van der Waals surface area contributed by atoms with Crippen LogP contribution in [-0.2, 0) is 9.53 Å². The summed E-state index contributed by atoms with van der Waals surface area (Å²) in [5, 5.41) is 2.58. The molecule has 26 heavy (non-hydrogen) atoms. The molecular weight excluding hydrogens is 347 g/mol. The molecule has 1 aliphatic heterocycles. The van der Waals surface area contributed by atoms with Gasteiger partial charge in [0.25, 0.3) is 0 Å². The Morgan fingerprint density at radius 3 is 2.92 bits per heavy atom. The SMILES string of the molecule is C=CC(=O)Nc1cc(C(C)N2C=C(OCC(F)(F)F)C=CC2C)ccn1. The molecule has 2 rings (SSSR count). The fraction of sp³-hybridized carbons (Fsp3) is 0.333. The third kappa shape index (κ3) is 5.37. The molecule has 0 fully saturated rings. The molecule has 1 aromatic rings. The van der Waals surface area contributed by atoms with Gasteiger partial charge in [-0.15, -0.1) is 0 Å². The second-order valence-electron chi connectivity index (χ2n) is 5.83. The molecule has 2 heterocycles. The van der Waals surface area contributed by atoms with Crippen molar-refractivity contribution in [2.24, 2.45) is 0 Å². The van der Waals surface area contributed by atoms with Crippen molar-refractivity contribution in [3.63, 3.8) is 0 Å². The van der Waals surface area contributed by atoms with Crippen molar-refractivity contribution in [3.05, 3.63) is 60.7 Å². The highest BCUT2D eigenvalue weighted by atomic mass is 19.4. The number of alkyl halides is 3. The normalized spacial score (nSPS) is 18.1. The fourth-order valence-corrected chi connectivity index (χ4v) is 2.48. The first-order valence-corrected chi connectivity index (χ1v) is 7.96. The van der Waals surface area contributed by atoms with Crippen LogP contribution in [0.2, 0.25) is 0 Å². The Morgan fingerprint density at radius 1 is 1.54 bits per heavy atom. The van der Waals surface area contributed by atoms with Crippen LogP contribution in [0.3, 0.4) is 0 Å². The average Bonchev–Trinajstić information content (AvgIpc) is 2.60. The molecule has 0 aromatic carbocycles. The van der Waals surface area contributed by atoms with Gasteiger partial charge < -0.3 is 15.0 Å². The van der Waals surface area contributed by atoms with Crippen LogP contribution >= 0.6 is 0 Å². The number of carbonyl (C=O) groups is 1. The van der Waals surface area contributed by atoms with E-state index in [1.54, 1.807) is 30.6 Å². The minimum Gasteiger partial charge on any atom is -0.483 e. The number of ether oxygens (including phenoxy) is 1. The van der Waals surface area contributed by atoms with Crippen molar-refractivity contribution < 1.29 is 22.7 Å². The van der Waals surface area contributed by atoms with Gasteiger partial charge in [0.2, 0.25) is 5.91 Å². The predicted molar refractivity (Wildman–Crippen MR) is 92.0 cm³/mol. The molecule has 0 spiro atoms. The van der Waals surface area contributed by atoms with Gasteiger partial charge in [-0.3, -0.25) is 4.79 Å². The van der Waals surface area contributed by atoms with Crippen LogP contribution in [0, 0.1) is 0 Å². The molecule has 1 aromatic heterocycles. The third-order valence-electron chi connectivity index (χ3n) is 3.84. The lowest BCUT2D eigenvalue weighted by atomic mass is 10.0. The zero-order chi connectivity index (χ0) is 19.3. The van der Waals surface area contributed by atoms with Crippen molar-refractivity contribution >= 4 is 11.7 Å². The van der Waals surface area contributed by atoms with Gasteiger partial charge in [0, 0.05) is 18.4 Å². The lowest BCUT2D eigenvalue weighted by Gasteiger charge is -2.35. The summed E-state index contributed by atoms with van der Waals surface area (Å²) >= 11 is 0. The standard InChI is InChI=1S/C18H20F3N3O2/c1-4-17(25)23-16-9-14(7-8-22-16)13(3)24-10-15(6-5-12(24)2)26-11-18(19,20)21/h4-10,12-13H,1,11H2,2-3H3,(H,22,23,25). The Balaban J connectivity index is 2.16. The summed E-state index contributed by atoms with van der Waals surface area (Å²) in [6.45, 7) is 5.87. The van der Waals surface area contributed by atoms with Gasteiger partial charge in [-0.1, -0.05) is 12.7 Å². The van der Waals surface area contributed by atoms with Crippen LogP contribution in [0.5, 0.6) is 0 Å². The van der Waals surface area contributed by atoms with Crippen molar-refractivity contribution in [1.29, 1.82) is 0 Å². The first-order chi connectivity index (χ1) is 12.2. The van der Waals surface area contributed by atoms with Gasteiger partial charge in [0.15, 0.2) is 6.61 Å². The molecule has 0 radical (unpaired) electrons. The molecule has 8 heteroatoms. The Morgan fingerprint density at radius 2 is 2.27 bits per heavy atom. The number of amides is 1. The number of carbonyl (C=O) groups excluding carboxylic acids is 1. The van der Waals surface area contributed by atoms with E-state index in [0.29, 0.717) is 5.82 Å². The summed E-state index contributed by atoms with van der Waals surface area (Å²) in [7, 11) is 0. The largest absolute Gasteiger partial charge is 0.483 e. The number of hydrogen-bond acceptors (Lipinski definition) is 4. The van der Waals surface area contributed by atoms with E-state index in [1.807, 2.05) is 18.7 Å². The molecule has 1 amide bonds. The monoisotopic (exact) mass is 367 g/mol. The van der Waals surface area contributed by atoms with E-state index in [9.17, 15) is 18.0 Å². The molecule has 0 bridgehead atoms. The molecule has 1 N–H and O–H groups in total. The highest BCUT2D eigenvalue weighted by Crippen LogP contribution is 2.28. The lowest BCUT2D eigenvalue weighted by molar-refractivity contribution is -0.164. The van der Waals surface area contributed by atoms with E-state index in [1.165, 1.54) is 6.08 Å². The highest BCUT2D eigenvalue weighted by Gasteiger charge is 2.29. The number of hydrogen-bond donors (Lipinski definition) is 1. The third-order valence-corrected chi connectivity index (χ3v) is 3.84. The molecule has 0 aliphatic carbocycles. The summed E-state index contributed by atoms with van der Waals surface area (Å²) < 4.78 is 41.9. The van der Waals surface area contributed by atoms with Crippen LogP contribution in [-0.4, -0.2) is 34.6 Å². The Labute approximate surface area is 149 Å². The van der Waals surface area contributed by atoms with Crippen molar-refractivity contribution in [3.8, 4) is 0 Å². The van der Waals surface area contributed by atoms with E-state index in [0.717, 1.165) is 11.6 Å². The first kappa shape index (κ1) is 19.6. The highest BCUT2D eigenvalue weighted by molar-refractivity contribution is 5.98. The van der Waals surface area contributed by atoms with E-state index < -0.39 is 12.8 Å². The topological polar surface area (TPSA) is 54.5 Å². The van der Waals surface area contributed by atoms with Crippen LogP contribution in [0.4, 0.5) is 19.0 Å². The minimum absolute atomic E-state index is 0.0392. The Hall–Kier alpha value is -2.77. The van der Waals surface area contributed by atoms with Crippen LogP contribution in [0.15, 0.2) is 55.1 Å². The summed E-state index contributed by atoms with van der Waals surface area (Å²) in [5.74, 6) is 0.137. The molecule has 140 valence electrons. The number of pyridine rings is 1. The van der Waals surface area contributed by atoms with Gasteiger partial charge in [-0.2, -0.15) is 13.2 Å². The van der Waals surface area contributed by atoms with Crippen molar-refractivity contribution in [1.82, 2.24) is 9.88 Å². The molecule has 0 saturated heterocycles. The lowest BCUT2D eigenvalue weighted by Crippen LogP contribution is -2.32. The van der Waals surface area contributed by atoms with Gasteiger partial charge >= 0.3 is 6.18 Å². The van der Waals surface area contributed by atoms with Gasteiger partial charge in [-0.25, -0.2) is 4.98 Å². The van der Waals surface area contributed by atoms with Gasteiger partial charge in [0.1, 0.15) is 11.6 Å². The van der Waals surface area contributed by atoms with Gasteiger partial charge in [0.05, 0.1) is 6.04 Å². The minimum atomic E-state index is -4.39. The summed E-state index contributed by atoms with van der Waals surface area (Å²) in [4.78, 5) is 17.3. The van der Waals surface area contributed by atoms with Crippen molar-refractivity contribution in [2.75, 3.05) is 11.9 Å².